The molecule has 2 rings (SSSR count). The molecule has 6 heteroatoms. The van der Waals surface area contributed by atoms with Crippen LogP contribution in [0.25, 0.3) is 0 Å². The number of nitrogens with one attached hydrogen (secondary N) is 1. The zero-order valence-corrected chi connectivity index (χ0v) is 12.8. The Hall–Kier alpha value is -1.56. The number of halogens is 1. The second-order valence-corrected chi connectivity index (χ2v) is 5.89. The Morgan fingerprint density at radius 2 is 2.20 bits per heavy atom. The highest BCUT2D eigenvalue weighted by Crippen LogP contribution is 2.24. The molecule has 0 radical (unpaired) electrons. The number of anilines is 1. The summed E-state index contributed by atoms with van der Waals surface area (Å²) < 4.78 is 0.817. The number of aliphatic carboxylic acids is 1. The summed E-state index contributed by atoms with van der Waals surface area (Å²) in [6.45, 7) is 2.84. The van der Waals surface area contributed by atoms with Crippen LogP contribution in [-0.2, 0) is 4.79 Å². The van der Waals surface area contributed by atoms with Gasteiger partial charge < -0.3 is 15.3 Å². The van der Waals surface area contributed by atoms with Gasteiger partial charge in [0.25, 0.3) is 0 Å². The molecule has 0 saturated carbocycles. The minimum absolute atomic E-state index is 0.250. The van der Waals surface area contributed by atoms with E-state index < -0.39 is 11.9 Å². The van der Waals surface area contributed by atoms with Gasteiger partial charge in [-0.05, 0) is 53.4 Å². The van der Waals surface area contributed by atoms with E-state index in [1.54, 1.807) is 4.90 Å². The number of likely N-dealkylation sites (tertiary alicyclic amines) is 1. The summed E-state index contributed by atoms with van der Waals surface area (Å²) in [5, 5.41) is 11.9. The Kier molecular flexibility index (Phi) is 4.65. The quantitative estimate of drug-likeness (QED) is 0.869. The number of carboxylic acids is 1. The van der Waals surface area contributed by atoms with E-state index >= 15 is 0 Å². The van der Waals surface area contributed by atoms with Gasteiger partial charge in [-0.1, -0.05) is 6.07 Å². The number of hydrogen-bond acceptors (Lipinski definition) is 2. The van der Waals surface area contributed by atoms with E-state index in [1.165, 1.54) is 0 Å². The molecular weight excluding hydrogens is 324 g/mol. The molecule has 0 bridgehead atoms. The molecule has 5 nitrogen and oxygen atoms in total. The van der Waals surface area contributed by atoms with Crippen molar-refractivity contribution in [3.8, 4) is 0 Å². The van der Waals surface area contributed by atoms with Crippen molar-refractivity contribution in [2.75, 3.05) is 18.4 Å². The van der Waals surface area contributed by atoms with Gasteiger partial charge in [-0.25, -0.2) is 4.79 Å². The molecule has 0 unspecified atom stereocenters. The normalized spacial score (nSPS) is 18.7. The first kappa shape index (κ1) is 14.8. The Morgan fingerprint density at radius 3 is 2.85 bits per heavy atom. The second kappa shape index (κ2) is 6.26. The lowest BCUT2D eigenvalue weighted by Crippen LogP contribution is -2.44. The predicted octanol–water partition coefficient (Wildman–Crippen LogP) is 3.09. The third-order valence-electron chi connectivity index (χ3n) is 3.42. The number of carboxylic acid groups (broad SMARTS) is 1. The summed E-state index contributed by atoms with van der Waals surface area (Å²) in [5.74, 6) is -1.30. The number of carbonyl (C=O) groups is 2. The predicted molar refractivity (Wildman–Crippen MR) is 79.8 cm³/mol. The first-order valence-corrected chi connectivity index (χ1v) is 7.31. The van der Waals surface area contributed by atoms with Gasteiger partial charge in [-0.2, -0.15) is 0 Å². The van der Waals surface area contributed by atoms with Crippen LogP contribution >= 0.6 is 15.9 Å². The molecule has 0 spiro atoms. The first-order valence-electron chi connectivity index (χ1n) is 6.52. The van der Waals surface area contributed by atoms with Gasteiger partial charge in [0.2, 0.25) is 0 Å². The molecule has 108 valence electrons. The van der Waals surface area contributed by atoms with Crippen LogP contribution in [0.2, 0.25) is 0 Å². The van der Waals surface area contributed by atoms with Crippen molar-refractivity contribution in [2.24, 2.45) is 5.92 Å². The molecule has 2 amide bonds. The van der Waals surface area contributed by atoms with Gasteiger partial charge in [-0.15, -0.1) is 0 Å². The topological polar surface area (TPSA) is 69.6 Å². The second-order valence-electron chi connectivity index (χ2n) is 5.04. The summed E-state index contributed by atoms with van der Waals surface area (Å²) in [6, 6.07) is 5.42. The number of hydrogen-bond donors (Lipinski definition) is 2. The fraction of sp³-hybridized carbons (Fsp3) is 0.429. The standard InChI is InChI=1S/C14H17BrN2O3/c1-9-4-5-12(11(15)7-9)16-14(20)17-6-2-3-10(8-17)13(18)19/h4-5,7,10H,2-3,6,8H2,1H3,(H,16,20)(H,18,19)/t10-/m1/s1. The number of nitrogens with zero attached hydrogens (tertiary/aromatic N) is 1. The SMILES string of the molecule is Cc1ccc(NC(=O)N2CCC[C@@H](C(=O)O)C2)c(Br)c1. The third kappa shape index (κ3) is 3.50. The van der Waals surface area contributed by atoms with Crippen molar-refractivity contribution in [3.63, 3.8) is 0 Å². The molecule has 1 saturated heterocycles. The first-order chi connectivity index (χ1) is 9.47. The fourth-order valence-corrected chi connectivity index (χ4v) is 2.87. The molecule has 1 fully saturated rings. The van der Waals surface area contributed by atoms with E-state index in [0.717, 1.165) is 16.5 Å². The van der Waals surface area contributed by atoms with Gasteiger partial charge >= 0.3 is 12.0 Å². The molecule has 2 N–H and O–H groups in total. The number of carbonyl (C=O) groups excluding carboxylic acids is 1. The van der Waals surface area contributed by atoms with Crippen molar-refractivity contribution >= 4 is 33.6 Å². The van der Waals surface area contributed by atoms with E-state index in [9.17, 15) is 9.59 Å². The van der Waals surface area contributed by atoms with Crippen LogP contribution in [0.1, 0.15) is 18.4 Å². The molecule has 1 aliphatic rings. The molecule has 1 heterocycles. The van der Waals surface area contributed by atoms with Crippen LogP contribution in [-0.4, -0.2) is 35.1 Å². The van der Waals surface area contributed by atoms with Crippen molar-refractivity contribution in [2.45, 2.75) is 19.8 Å². The van der Waals surface area contributed by atoms with E-state index in [4.69, 9.17) is 5.11 Å². The number of benzene rings is 1. The molecule has 0 aliphatic carbocycles. The smallest absolute Gasteiger partial charge is 0.321 e. The summed E-state index contributed by atoms with van der Waals surface area (Å²) in [6.07, 6.45) is 1.35. The van der Waals surface area contributed by atoms with Gasteiger partial charge in [0.1, 0.15) is 0 Å². The number of amides is 2. The Balaban J connectivity index is 2.02. The number of aryl methyl sites for hydroxylation is 1. The van der Waals surface area contributed by atoms with Crippen LogP contribution in [0.15, 0.2) is 22.7 Å². The van der Waals surface area contributed by atoms with Crippen molar-refractivity contribution in [1.82, 2.24) is 4.90 Å². The van der Waals surface area contributed by atoms with Gasteiger partial charge in [-0.3, -0.25) is 4.79 Å². The van der Waals surface area contributed by atoms with Gasteiger partial charge in [0.05, 0.1) is 11.6 Å². The molecule has 20 heavy (non-hydrogen) atoms. The molecule has 1 aromatic rings. The third-order valence-corrected chi connectivity index (χ3v) is 4.08. The maximum absolute atomic E-state index is 12.2. The number of piperidine rings is 1. The number of rotatable bonds is 2. The molecular formula is C14H17BrN2O3. The minimum Gasteiger partial charge on any atom is -0.481 e. The molecule has 1 atom stereocenters. The largest absolute Gasteiger partial charge is 0.481 e. The zero-order valence-electron chi connectivity index (χ0n) is 11.2. The Morgan fingerprint density at radius 1 is 1.45 bits per heavy atom. The average Bonchev–Trinajstić information content (AvgIpc) is 2.42. The number of urea groups is 1. The van der Waals surface area contributed by atoms with E-state index in [1.807, 2.05) is 25.1 Å². The van der Waals surface area contributed by atoms with Crippen LogP contribution in [0.4, 0.5) is 10.5 Å². The van der Waals surface area contributed by atoms with Gasteiger partial charge in [0.15, 0.2) is 0 Å². The summed E-state index contributed by atoms with van der Waals surface area (Å²) >= 11 is 3.41. The van der Waals surface area contributed by atoms with Gasteiger partial charge in [0, 0.05) is 17.6 Å². The van der Waals surface area contributed by atoms with E-state index in [0.29, 0.717) is 18.7 Å². The highest BCUT2D eigenvalue weighted by atomic mass is 79.9. The summed E-state index contributed by atoms with van der Waals surface area (Å²) in [4.78, 5) is 24.7. The Bertz CT molecular complexity index is 533. The monoisotopic (exact) mass is 340 g/mol. The van der Waals surface area contributed by atoms with Crippen molar-refractivity contribution < 1.29 is 14.7 Å². The lowest BCUT2D eigenvalue weighted by Gasteiger charge is -2.30. The molecule has 1 aromatic carbocycles. The van der Waals surface area contributed by atoms with Crippen LogP contribution in [0.3, 0.4) is 0 Å². The summed E-state index contributed by atoms with van der Waals surface area (Å²) in [7, 11) is 0. The summed E-state index contributed by atoms with van der Waals surface area (Å²) in [5.41, 5.74) is 1.79. The molecule has 0 aromatic heterocycles. The van der Waals surface area contributed by atoms with E-state index in [-0.39, 0.29) is 12.6 Å². The van der Waals surface area contributed by atoms with E-state index in [2.05, 4.69) is 21.2 Å². The lowest BCUT2D eigenvalue weighted by atomic mass is 9.99. The maximum Gasteiger partial charge on any atom is 0.321 e. The van der Waals surface area contributed by atoms with Crippen LogP contribution in [0, 0.1) is 12.8 Å². The van der Waals surface area contributed by atoms with Crippen molar-refractivity contribution in [1.29, 1.82) is 0 Å². The fourth-order valence-electron chi connectivity index (χ4n) is 2.28. The van der Waals surface area contributed by atoms with Crippen molar-refractivity contribution in [3.05, 3.63) is 28.2 Å². The highest BCUT2D eigenvalue weighted by molar-refractivity contribution is 9.10. The average molecular weight is 341 g/mol. The maximum atomic E-state index is 12.2. The van der Waals surface area contributed by atoms with Crippen LogP contribution in [0.5, 0.6) is 0 Å². The lowest BCUT2D eigenvalue weighted by molar-refractivity contribution is -0.143. The van der Waals surface area contributed by atoms with Crippen LogP contribution < -0.4 is 5.32 Å². The minimum atomic E-state index is -0.834. The molecule has 1 aliphatic heterocycles. The Labute approximate surface area is 126 Å². The highest BCUT2D eigenvalue weighted by Gasteiger charge is 2.28. The zero-order chi connectivity index (χ0) is 14.7.